The molecule has 2 heterocycles. The van der Waals surface area contributed by atoms with Crippen molar-refractivity contribution in [2.75, 3.05) is 0 Å². The Morgan fingerprint density at radius 2 is 1.76 bits per heavy atom. The summed E-state index contributed by atoms with van der Waals surface area (Å²) in [7, 11) is 0. The van der Waals surface area contributed by atoms with Crippen molar-refractivity contribution in [3.8, 4) is 11.5 Å². The van der Waals surface area contributed by atoms with Gasteiger partial charge in [-0.3, -0.25) is 0 Å². The molecule has 3 nitrogen and oxygen atoms in total. The van der Waals surface area contributed by atoms with Crippen molar-refractivity contribution in [1.29, 1.82) is 0 Å². The zero-order valence-electron chi connectivity index (χ0n) is 12.0. The van der Waals surface area contributed by atoms with Gasteiger partial charge in [0.2, 0.25) is 0 Å². The van der Waals surface area contributed by atoms with Crippen LogP contribution in [0, 0.1) is 13.8 Å². The average Bonchev–Trinajstić information content (AvgIpc) is 2.91. The third kappa shape index (κ3) is 1.98. The summed E-state index contributed by atoms with van der Waals surface area (Å²) in [6, 6.07) is 16.5. The number of hydrogen-bond donors (Lipinski definition) is 1. The van der Waals surface area contributed by atoms with Gasteiger partial charge in [0.1, 0.15) is 5.69 Å². The molecule has 2 aromatic heterocycles. The third-order valence-corrected chi connectivity index (χ3v) is 3.76. The molecular formula is C18H15N3. The van der Waals surface area contributed by atoms with Crippen LogP contribution in [0.2, 0.25) is 0 Å². The maximum atomic E-state index is 4.71. The quantitative estimate of drug-likeness (QED) is 0.558. The number of nitrogens with zero attached hydrogens (tertiary/aromatic N) is 2. The van der Waals surface area contributed by atoms with Crippen LogP contribution in [0.1, 0.15) is 11.1 Å². The largest absolute Gasteiger partial charge is 0.337 e. The van der Waals surface area contributed by atoms with Crippen LogP contribution in [0.15, 0.2) is 48.5 Å². The summed E-state index contributed by atoms with van der Waals surface area (Å²) in [5, 5.41) is 1.14. The number of nitrogens with one attached hydrogen (secondary N) is 1. The van der Waals surface area contributed by atoms with Gasteiger partial charge in [-0.1, -0.05) is 30.3 Å². The summed E-state index contributed by atoms with van der Waals surface area (Å²) in [6.07, 6.45) is 0. The lowest BCUT2D eigenvalue weighted by atomic mass is 10.1. The van der Waals surface area contributed by atoms with E-state index in [1.54, 1.807) is 0 Å². The van der Waals surface area contributed by atoms with E-state index >= 15 is 0 Å². The van der Waals surface area contributed by atoms with Crippen molar-refractivity contribution in [3.63, 3.8) is 0 Å². The molecule has 102 valence electrons. The molecule has 0 saturated carbocycles. The van der Waals surface area contributed by atoms with Crippen molar-refractivity contribution in [3.05, 3.63) is 59.7 Å². The van der Waals surface area contributed by atoms with Gasteiger partial charge in [0.15, 0.2) is 5.82 Å². The van der Waals surface area contributed by atoms with Crippen molar-refractivity contribution in [2.45, 2.75) is 13.8 Å². The van der Waals surface area contributed by atoms with Crippen molar-refractivity contribution < 1.29 is 0 Å². The topological polar surface area (TPSA) is 41.6 Å². The highest BCUT2D eigenvalue weighted by Crippen LogP contribution is 2.24. The summed E-state index contributed by atoms with van der Waals surface area (Å²) in [6.45, 7) is 4.19. The molecule has 0 aliphatic carbocycles. The number of hydrogen-bond acceptors (Lipinski definition) is 2. The summed E-state index contributed by atoms with van der Waals surface area (Å²) < 4.78 is 0. The molecule has 0 radical (unpaired) electrons. The molecule has 0 fully saturated rings. The second-order valence-corrected chi connectivity index (χ2v) is 5.45. The first-order valence-corrected chi connectivity index (χ1v) is 7.04. The molecule has 0 bridgehead atoms. The molecule has 0 aliphatic rings. The number of aromatic amines is 1. The Labute approximate surface area is 122 Å². The molecular weight excluding hydrogens is 258 g/mol. The number of rotatable bonds is 1. The van der Waals surface area contributed by atoms with Gasteiger partial charge < -0.3 is 4.98 Å². The maximum absolute atomic E-state index is 4.71. The van der Waals surface area contributed by atoms with Crippen LogP contribution >= 0.6 is 0 Å². The van der Waals surface area contributed by atoms with E-state index in [9.17, 15) is 0 Å². The van der Waals surface area contributed by atoms with Crippen molar-refractivity contribution in [2.24, 2.45) is 0 Å². The number of fused-ring (bicyclic) bond motifs is 2. The zero-order chi connectivity index (χ0) is 14.4. The molecule has 0 saturated heterocycles. The van der Waals surface area contributed by atoms with Crippen LogP contribution in [0.3, 0.4) is 0 Å². The smallest absolute Gasteiger partial charge is 0.157 e. The minimum absolute atomic E-state index is 0.824. The van der Waals surface area contributed by atoms with Crippen LogP contribution in [0.4, 0.5) is 0 Å². The first kappa shape index (κ1) is 12.1. The third-order valence-electron chi connectivity index (χ3n) is 3.76. The maximum Gasteiger partial charge on any atom is 0.157 e. The summed E-state index contributed by atoms with van der Waals surface area (Å²) in [4.78, 5) is 12.8. The summed E-state index contributed by atoms with van der Waals surface area (Å²) in [5.41, 5.74) is 6.38. The lowest BCUT2D eigenvalue weighted by molar-refractivity contribution is 1.27. The summed E-state index contributed by atoms with van der Waals surface area (Å²) >= 11 is 0. The highest BCUT2D eigenvalue weighted by molar-refractivity contribution is 5.84. The molecule has 0 spiro atoms. The number of aromatic nitrogens is 3. The fourth-order valence-corrected chi connectivity index (χ4v) is 2.79. The first-order chi connectivity index (χ1) is 10.2. The van der Waals surface area contributed by atoms with E-state index in [0.29, 0.717) is 0 Å². The molecule has 0 aliphatic heterocycles. The second kappa shape index (κ2) is 4.42. The van der Waals surface area contributed by atoms with Crippen molar-refractivity contribution in [1.82, 2.24) is 15.0 Å². The van der Waals surface area contributed by atoms with Gasteiger partial charge in [-0.15, -0.1) is 0 Å². The Morgan fingerprint density at radius 1 is 0.905 bits per heavy atom. The molecule has 2 aromatic carbocycles. The van der Waals surface area contributed by atoms with E-state index in [1.807, 2.05) is 24.3 Å². The van der Waals surface area contributed by atoms with Crippen LogP contribution < -0.4 is 0 Å². The van der Waals surface area contributed by atoms with E-state index in [0.717, 1.165) is 33.5 Å². The van der Waals surface area contributed by atoms with Crippen LogP contribution in [-0.4, -0.2) is 15.0 Å². The Balaban J connectivity index is 1.93. The van der Waals surface area contributed by atoms with E-state index < -0.39 is 0 Å². The predicted molar refractivity (Wildman–Crippen MR) is 86.3 cm³/mol. The Bertz CT molecular complexity index is 967. The monoisotopic (exact) mass is 273 g/mol. The Hall–Kier alpha value is -2.68. The van der Waals surface area contributed by atoms with Gasteiger partial charge in [0.25, 0.3) is 0 Å². The predicted octanol–water partition coefficient (Wildman–Crippen LogP) is 4.39. The molecule has 0 atom stereocenters. The van der Waals surface area contributed by atoms with E-state index in [1.165, 1.54) is 11.1 Å². The van der Waals surface area contributed by atoms with Crippen molar-refractivity contribution >= 4 is 21.9 Å². The average molecular weight is 273 g/mol. The minimum Gasteiger partial charge on any atom is -0.337 e. The second-order valence-electron chi connectivity index (χ2n) is 5.45. The first-order valence-electron chi connectivity index (χ1n) is 7.04. The van der Waals surface area contributed by atoms with Crippen LogP contribution in [0.5, 0.6) is 0 Å². The van der Waals surface area contributed by atoms with Gasteiger partial charge >= 0.3 is 0 Å². The molecule has 3 heteroatoms. The van der Waals surface area contributed by atoms with Gasteiger partial charge in [0.05, 0.1) is 16.6 Å². The minimum atomic E-state index is 0.824. The molecule has 4 aromatic rings. The number of pyridine rings is 1. The standard InChI is InChI=1S/C18H15N3/c1-11-9-12(2)17-16(10-11)20-18(21-17)15-8-7-13-5-3-4-6-14(13)19-15/h3-10H,1-2H3,(H,20,21). The fourth-order valence-electron chi connectivity index (χ4n) is 2.79. The van der Waals surface area contributed by atoms with Gasteiger partial charge in [-0.25, -0.2) is 9.97 Å². The molecule has 21 heavy (non-hydrogen) atoms. The van der Waals surface area contributed by atoms with E-state index in [2.05, 4.69) is 43.1 Å². The Kier molecular flexibility index (Phi) is 2.54. The lowest BCUT2D eigenvalue weighted by Gasteiger charge is -1.99. The van der Waals surface area contributed by atoms with E-state index in [4.69, 9.17) is 9.97 Å². The number of imidazole rings is 1. The molecule has 0 unspecified atom stereocenters. The highest BCUT2D eigenvalue weighted by Gasteiger charge is 2.09. The van der Waals surface area contributed by atoms with Gasteiger partial charge in [-0.05, 0) is 43.2 Å². The Morgan fingerprint density at radius 3 is 2.67 bits per heavy atom. The number of H-pyrrole nitrogens is 1. The lowest BCUT2D eigenvalue weighted by Crippen LogP contribution is -1.86. The SMILES string of the molecule is Cc1cc(C)c2nc(-c3ccc4ccccc4n3)[nH]c2c1. The number of benzene rings is 2. The summed E-state index contributed by atoms with van der Waals surface area (Å²) in [5.74, 6) is 0.824. The molecule has 4 rings (SSSR count). The van der Waals surface area contributed by atoms with E-state index in [-0.39, 0.29) is 0 Å². The molecule has 0 amide bonds. The normalized spacial score (nSPS) is 11.3. The van der Waals surface area contributed by atoms with Crippen LogP contribution in [0.25, 0.3) is 33.5 Å². The fraction of sp³-hybridized carbons (Fsp3) is 0.111. The number of aryl methyl sites for hydroxylation is 2. The zero-order valence-corrected chi connectivity index (χ0v) is 12.0. The van der Waals surface area contributed by atoms with Gasteiger partial charge in [-0.2, -0.15) is 0 Å². The van der Waals surface area contributed by atoms with Crippen LogP contribution in [-0.2, 0) is 0 Å². The highest BCUT2D eigenvalue weighted by atomic mass is 14.9. The number of para-hydroxylation sites is 1. The van der Waals surface area contributed by atoms with Gasteiger partial charge in [0, 0.05) is 5.39 Å². The molecule has 1 N–H and O–H groups in total.